The summed E-state index contributed by atoms with van der Waals surface area (Å²) in [5, 5.41) is 7.03. The van der Waals surface area contributed by atoms with Gasteiger partial charge in [0.15, 0.2) is 10.6 Å². The second-order valence-electron chi connectivity index (χ2n) is 4.69. The van der Waals surface area contributed by atoms with Crippen LogP contribution in [-0.4, -0.2) is 33.0 Å². The Labute approximate surface area is 117 Å². The van der Waals surface area contributed by atoms with Gasteiger partial charge in [-0.15, -0.1) is 0 Å². The third-order valence-corrected chi connectivity index (χ3v) is 2.87. The van der Waals surface area contributed by atoms with E-state index in [2.05, 4.69) is 29.0 Å². The van der Waals surface area contributed by atoms with Crippen LogP contribution in [0.5, 0.6) is 0 Å². The van der Waals surface area contributed by atoms with E-state index in [0.717, 1.165) is 18.1 Å². The Morgan fingerprint density at radius 3 is 2.95 bits per heavy atom. The maximum atomic E-state index is 5.59. The highest BCUT2D eigenvalue weighted by atomic mass is 32.1. The summed E-state index contributed by atoms with van der Waals surface area (Å²) >= 11 is 5.24. The molecule has 0 spiro atoms. The van der Waals surface area contributed by atoms with Crippen molar-refractivity contribution in [3.63, 3.8) is 0 Å². The van der Waals surface area contributed by atoms with Crippen molar-refractivity contribution < 1.29 is 4.74 Å². The van der Waals surface area contributed by atoms with E-state index in [-0.39, 0.29) is 0 Å². The van der Waals surface area contributed by atoms with Crippen molar-refractivity contribution in [3.8, 4) is 11.5 Å². The molecular formula is C13H18N4OS. The van der Waals surface area contributed by atoms with Crippen molar-refractivity contribution in [2.45, 2.75) is 20.4 Å². The van der Waals surface area contributed by atoms with Gasteiger partial charge in [0.1, 0.15) is 5.69 Å². The van der Waals surface area contributed by atoms with E-state index in [9.17, 15) is 0 Å². The molecule has 0 bridgehead atoms. The lowest BCUT2D eigenvalue weighted by atomic mass is 10.2. The van der Waals surface area contributed by atoms with Crippen LogP contribution in [0.2, 0.25) is 0 Å². The topological polar surface area (TPSA) is 55.7 Å². The van der Waals surface area contributed by atoms with Gasteiger partial charge in [0.05, 0.1) is 13.2 Å². The summed E-state index contributed by atoms with van der Waals surface area (Å²) in [5.74, 6) is 1.28. The van der Waals surface area contributed by atoms with E-state index < -0.39 is 0 Å². The van der Waals surface area contributed by atoms with Crippen LogP contribution in [0.3, 0.4) is 0 Å². The van der Waals surface area contributed by atoms with E-state index in [1.807, 2.05) is 22.8 Å². The lowest BCUT2D eigenvalue weighted by Gasteiger charge is -2.08. The third kappa shape index (κ3) is 3.71. The molecule has 1 N–H and O–H groups in total. The van der Waals surface area contributed by atoms with Gasteiger partial charge in [0, 0.05) is 12.8 Å². The summed E-state index contributed by atoms with van der Waals surface area (Å²) in [4.78, 5) is 4.29. The molecule has 0 aromatic carbocycles. The second-order valence-corrected chi connectivity index (χ2v) is 5.07. The van der Waals surface area contributed by atoms with Crippen LogP contribution in [0.15, 0.2) is 24.4 Å². The van der Waals surface area contributed by atoms with E-state index in [1.54, 1.807) is 6.20 Å². The molecule has 5 nitrogen and oxygen atoms in total. The van der Waals surface area contributed by atoms with Crippen molar-refractivity contribution in [1.82, 2.24) is 19.7 Å². The largest absolute Gasteiger partial charge is 0.379 e. The van der Waals surface area contributed by atoms with Crippen LogP contribution >= 0.6 is 12.2 Å². The minimum Gasteiger partial charge on any atom is -0.379 e. The number of hydrogen-bond donors (Lipinski definition) is 1. The standard InChI is InChI=1S/C13H18N4OS/c1-10(2)9-18-8-7-17-12(15-16-13(17)19)11-5-3-4-6-14-11/h3-6,10H,7-9H2,1-2H3,(H,16,19). The molecule has 2 aromatic rings. The van der Waals surface area contributed by atoms with Gasteiger partial charge in [-0.05, 0) is 30.3 Å². The number of aromatic nitrogens is 4. The summed E-state index contributed by atoms with van der Waals surface area (Å²) < 4.78 is 8.09. The molecule has 0 atom stereocenters. The highest BCUT2D eigenvalue weighted by Crippen LogP contribution is 2.13. The Morgan fingerprint density at radius 2 is 2.26 bits per heavy atom. The Bertz CT molecular complexity index is 562. The SMILES string of the molecule is CC(C)COCCn1c(-c2ccccn2)n[nH]c1=S. The predicted octanol–water partition coefficient (Wildman–Crippen LogP) is 2.68. The number of H-pyrrole nitrogens is 1. The normalized spacial score (nSPS) is 11.1. The zero-order chi connectivity index (χ0) is 13.7. The molecule has 0 unspecified atom stereocenters. The Balaban J connectivity index is 2.08. The minimum atomic E-state index is 0.535. The monoisotopic (exact) mass is 278 g/mol. The average molecular weight is 278 g/mol. The fourth-order valence-corrected chi connectivity index (χ4v) is 1.91. The molecule has 0 saturated carbocycles. The first-order chi connectivity index (χ1) is 9.18. The lowest BCUT2D eigenvalue weighted by Crippen LogP contribution is -2.10. The average Bonchev–Trinajstić information content (AvgIpc) is 2.77. The molecule has 2 aromatic heterocycles. The fourth-order valence-electron chi connectivity index (χ4n) is 1.69. The number of rotatable bonds is 6. The molecule has 2 rings (SSSR count). The number of aromatic amines is 1. The fraction of sp³-hybridized carbons (Fsp3) is 0.462. The molecule has 0 saturated heterocycles. The molecule has 0 radical (unpaired) electrons. The summed E-state index contributed by atoms with van der Waals surface area (Å²) in [7, 11) is 0. The van der Waals surface area contributed by atoms with Gasteiger partial charge >= 0.3 is 0 Å². The number of hydrogen-bond acceptors (Lipinski definition) is 4. The Morgan fingerprint density at radius 1 is 1.42 bits per heavy atom. The van der Waals surface area contributed by atoms with Crippen LogP contribution in [0, 0.1) is 10.7 Å². The maximum absolute atomic E-state index is 5.59. The zero-order valence-electron chi connectivity index (χ0n) is 11.2. The van der Waals surface area contributed by atoms with Crippen LogP contribution in [-0.2, 0) is 11.3 Å². The van der Waals surface area contributed by atoms with Gasteiger partial charge in [0.25, 0.3) is 0 Å². The lowest BCUT2D eigenvalue weighted by molar-refractivity contribution is 0.103. The smallest absolute Gasteiger partial charge is 0.195 e. The number of nitrogens with zero attached hydrogens (tertiary/aromatic N) is 3. The quantitative estimate of drug-likeness (QED) is 0.652. The van der Waals surface area contributed by atoms with Crippen LogP contribution in [0.4, 0.5) is 0 Å². The molecule has 0 aliphatic carbocycles. The summed E-state index contributed by atoms with van der Waals surface area (Å²) in [6.45, 7) is 6.30. The van der Waals surface area contributed by atoms with Gasteiger partial charge in [-0.25, -0.2) is 0 Å². The first kappa shape index (κ1) is 13.9. The number of nitrogens with one attached hydrogen (secondary N) is 1. The molecule has 0 fully saturated rings. The number of pyridine rings is 1. The van der Waals surface area contributed by atoms with Gasteiger partial charge in [-0.1, -0.05) is 19.9 Å². The molecule has 0 amide bonds. The van der Waals surface area contributed by atoms with Gasteiger partial charge in [-0.3, -0.25) is 14.6 Å². The van der Waals surface area contributed by atoms with Gasteiger partial charge < -0.3 is 4.74 Å². The van der Waals surface area contributed by atoms with Gasteiger partial charge in [0.2, 0.25) is 0 Å². The number of ether oxygens (including phenoxy) is 1. The van der Waals surface area contributed by atoms with E-state index in [4.69, 9.17) is 17.0 Å². The molecule has 19 heavy (non-hydrogen) atoms. The highest BCUT2D eigenvalue weighted by molar-refractivity contribution is 7.71. The van der Waals surface area contributed by atoms with E-state index in [0.29, 0.717) is 23.8 Å². The van der Waals surface area contributed by atoms with E-state index in [1.165, 1.54) is 0 Å². The molecular weight excluding hydrogens is 260 g/mol. The Hall–Kier alpha value is -1.53. The summed E-state index contributed by atoms with van der Waals surface area (Å²) in [5.41, 5.74) is 0.804. The van der Waals surface area contributed by atoms with E-state index >= 15 is 0 Å². The van der Waals surface area contributed by atoms with Gasteiger partial charge in [-0.2, -0.15) is 5.10 Å². The molecule has 102 valence electrons. The van der Waals surface area contributed by atoms with Crippen molar-refractivity contribution >= 4 is 12.2 Å². The first-order valence-electron chi connectivity index (χ1n) is 6.33. The third-order valence-electron chi connectivity index (χ3n) is 2.56. The van der Waals surface area contributed by atoms with Crippen LogP contribution in [0.1, 0.15) is 13.8 Å². The molecule has 6 heteroatoms. The predicted molar refractivity (Wildman–Crippen MR) is 76.3 cm³/mol. The Kier molecular flexibility index (Phi) is 4.81. The molecule has 0 aliphatic rings. The highest BCUT2D eigenvalue weighted by Gasteiger charge is 2.09. The summed E-state index contributed by atoms with van der Waals surface area (Å²) in [6.07, 6.45) is 1.74. The maximum Gasteiger partial charge on any atom is 0.195 e. The minimum absolute atomic E-state index is 0.535. The van der Waals surface area contributed by atoms with Crippen molar-refractivity contribution in [2.75, 3.05) is 13.2 Å². The van der Waals surface area contributed by atoms with Crippen molar-refractivity contribution in [3.05, 3.63) is 29.2 Å². The summed E-state index contributed by atoms with van der Waals surface area (Å²) in [6, 6.07) is 5.72. The zero-order valence-corrected chi connectivity index (χ0v) is 12.0. The second kappa shape index (κ2) is 6.58. The van der Waals surface area contributed by atoms with Crippen molar-refractivity contribution in [2.24, 2.45) is 5.92 Å². The van der Waals surface area contributed by atoms with Crippen molar-refractivity contribution in [1.29, 1.82) is 0 Å². The van der Waals surface area contributed by atoms with Crippen LogP contribution in [0.25, 0.3) is 11.5 Å². The first-order valence-corrected chi connectivity index (χ1v) is 6.73. The van der Waals surface area contributed by atoms with Crippen LogP contribution < -0.4 is 0 Å². The molecule has 2 heterocycles. The molecule has 0 aliphatic heterocycles.